The molecule has 0 saturated carbocycles. The van der Waals surface area contributed by atoms with E-state index in [9.17, 15) is 0 Å². The zero-order chi connectivity index (χ0) is 14.1. The van der Waals surface area contributed by atoms with Gasteiger partial charge in [-0.3, -0.25) is 4.57 Å². The van der Waals surface area contributed by atoms with Gasteiger partial charge in [0.2, 0.25) is 5.95 Å². The molecule has 0 spiro atoms. The van der Waals surface area contributed by atoms with E-state index >= 15 is 0 Å². The van der Waals surface area contributed by atoms with Crippen LogP contribution in [-0.2, 0) is 11.3 Å². The van der Waals surface area contributed by atoms with Crippen molar-refractivity contribution in [1.29, 1.82) is 0 Å². The molecular formula is C16H17N3O. The maximum absolute atomic E-state index is 6.11. The molecule has 4 nitrogen and oxygen atoms in total. The Bertz CT molecular complexity index is 762. The van der Waals surface area contributed by atoms with E-state index < -0.39 is 0 Å². The molecule has 20 heavy (non-hydrogen) atoms. The first kappa shape index (κ1) is 12.7. The minimum absolute atomic E-state index is 0.495. The highest BCUT2D eigenvalue weighted by molar-refractivity contribution is 5.81. The van der Waals surface area contributed by atoms with Gasteiger partial charge in [-0.15, -0.1) is 0 Å². The molecule has 3 aromatic rings. The molecule has 0 aliphatic rings. The van der Waals surface area contributed by atoms with Crippen LogP contribution in [0.2, 0.25) is 0 Å². The molecule has 0 atom stereocenters. The van der Waals surface area contributed by atoms with Gasteiger partial charge in [-0.2, -0.15) is 0 Å². The van der Waals surface area contributed by atoms with E-state index in [2.05, 4.69) is 18.0 Å². The predicted molar refractivity (Wildman–Crippen MR) is 80.9 cm³/mol. The Morgan fingerprint density at radius 1 is 1.20 bits per heavy atom. The van der Waals surface area contributed by atoms with Crippen LogP contribution in [0.5, 0.6) is 0 Å². The van der Waals surface area contributed by atoms with Crippen LogP contribution in [0.25, 0.3) is 16.7 Å². The van der Waals surface area contributed by atoms with Crippen LogP contribution < -0.4 is 5.73 Å². The summed E-state index contributed by atoms with van der Waals surface area (Å²) in [5.74, 6) is 0.495. The van der Waals surface area contributed by atoms with Crippen LogP contribution in [0.15, 0.2) is 42.5 Å². The number of nitrogens with zero attached hydrogens (tertiary/aromatic N) is 2. The average Bonchev–Trinajstić information content (AvgIpc) is 2.75. The molecule has 2 N–H and O–H groups in total. The zero-order valence-electron chi connectivity index (χ0n) is 11.6. The van der Waals surface area contributed by atoms with E-state index in [1.54, 1.807) is 7.11 Å². The number of hydrogen-bond acceptors (Lipinski definition) is 3. The number of fused-ring (bicyclic) bond motifs is 1. The smallest absolute Gasteiger partial charge is 0.205 e. The lowest BCUT2D eigenvalue weighted by Crippen LogP contribution is -2.04. The van der Waals surface area contributed by atoms with Crippen molar-refractivity contribution in [3.05, 3.63) is 53.6 Å². The lowest BCUT2D eigenvalue weighted by molar-refractivity contribution is 0.185. The van der Waals surface area contributed by atoms with Gasteiger partial charge in [0, 0.05) is 12.7 Å². The Morgan fingerprint density at radius 3 is 2.80 bits per heavy atom. The van der Waals surface area contributed by atoms with Gasteiger partial charge < -0.3 is 10.5 Å². The third kappa shape index (κ3) is 2.04. The van der Waals surface area contributed by atoms with Crippen molar-refractivity contribution in [2.75, 3.05) is 12.8 Å². The van der Waals surface area contributed by atoms with Gasteiger partial charge in [0.25, 0.3) is 0 Å². The number of anilines is 1. The molecule has 0 unspecified atom stereocenters. The number of rotatable bonds is 3. The fourth-order valence-corrected chi connectivity index (χ4v) is 2.46. The van der Waals surface area contributed by atoms with Crippen molar-refractivity contribution in [3.8, 4) is 5.69 Å². The number of ether oxygens (including phenoxy) is 1. The standard InChI is InChI=1S/C16H17N3O/c1-11-7-8-13-15(9-11)19(16(17)18-13)14-6-4-3-5-12(14)10-20-2/h3-9H,10H2,1-2H3,(H2,17,18). The summed E-state index contributed by atoms with van der Waals surface area (Å²) < 4.78 is 7.25. The molecule has 3 rings (SSSR count). The molecule has 2 aromatic carbocycles. The normalized spacial score (nSPS) is 11.1. The molecule has 0 fully saturated rings. The number of methoxy groups -OCH3 is 1. The van der Waals surface area contributed by atoms with Crippen molar-refractivity contribution in [2.24, 2.45) is 0 Å². The molecule has 1 heterocycles. The Morgan fingerprint density at radius 2 is 2.00 bits per heavy atom. The lowest BCUT2D eigenvalue weighted by Gasteiger charge is -2.12. The maximum atomic E-state index is 6.11. The second-order valence-corrected chi connectivity index (χ2v) is 4.86. The molecule has 0 radical (unpaired) electrons. The number of benzene rings is 2. The molecule has 102 valence electrons. The molecule has 0 saturated heterocycles. The number of para-hydroxylation sites is 1. The minimum Gasteiger partial charge on any atom is -0.380 e. The van der Waals surface area contributed by atoms with E-state index in [-0.39, 0.29) is 0 Å². The van der Waals surface area contributed by atoms with Crippen molar-refractivity contribution < 1.29 is 4.74 Å². The number of nitrogen functional groups attached to an aromatic ring is 1. The van der Waals surface area contributed by atoms with E-state index in [1.807, 2.05) is 41.0 Å². The van der Waals surface area contributed by atoms with Crippen molar-refractivity contribution in [2.45, 2.75) is 13.5 Å². The topological polar surface area (TPSA) is 53.1 Å². The summed E-state index contributed by atoms with van der Waals surface area (Å²) in [6.07, 6.45) is 0. The van der Waals surface area contributed by atoms with Crippen molar-refractivity contribution in [3.63, 3.8) is 0 Å². The summed E-state index contributed by atoms with van der Waals surface area (Å²) >= 11 is 0. The van der Waals surface area contributed by atoms with Crippen LogP contribution >= 0.6 is 0 Å². The van der Waals surface area contributed by atoms with Crippen LogP contribution in [0.3, 0.4) is 0 Å². The van der Waals surface area contributed by atoms with Gasteiger partial charge in [-0.25, -0.2) is 4.98 Å². The molecular weight excluding hydrogens is 250 g/mol. The number of imidazole rings is 1. The van der Waals surface area contributed by atoms with Gasteiger partial charge in [0.05, 0.1) is 23.3 Å². The third-order valence-corrected chi connectivity index (χ3v) is 3.37. The SMILES string of the molecule is COCc1ccccc1-n1c(N)nc2ccc(C)cc21. The highest BCUT2D eigenvalue weighted by Gasteiger charge is 2.12. The maximum Gasteiger partial charge on any atom is 0.205 e. The zero-order valence-corrected chi connectivity index (χ0v) is 11.6. The summed E-state index contributed by atoms with van der Waals surface area (Å²) in [6, 6.07) is 14.2. The Kier molecular flexibility index (Phi) is 3.16. The number of aromatic nitrogens is 2. The van der Waals surface area contributed by atoms with Crippen LogP contribution in [0.1, 0.15) is 11.1 Å². The molecule has 0 aliphatic carbocycles. The Labute approximate surface area is 117 Å². The highest BCUT2D eigenvalue weighted by atomic mass is 16.5. The summed E-state index contributed by atoms with van der Waals surface area (Å²) in [6.45, 7) is 2.61. The Balaban J connectivity index is 2.29. The fraction of sp³-hybridized carbons (Fsp3) is 0.188. The van der Waals surface area contributed by atoms with Gasteiger partial charge in [-0.1, -0.05) is 24.3 Å². The third-order valence-electron chi connectivity index (χ3n) is 3.37. The number of hydrogen-bond donors (Lipinski definition) is 1. The first-order valence-electron chi connectivity index (χ1n) is 6.52. The van der Waals surface area contributed by atoms with Gasteiger partial charge >= 0.3 is 0 Å². The summed E-state index contributed by atoms with van der Waals surface area (Å²) in [5, 5.41) is 0. The second-order valence-electron chi connectivity index (χ2n) is 4.86. The number of nitrogens with two attached hydrogens (primary N) is 1. The van der Waals surface area contributed by atoms with Crippen molar-refractivity contribution in [1.82, 2.24) is 9.55 Å². The largest absolute Gasteiger partial charge is 0.380 e. The van der Waals surface area contributed by atoms with E-state index in [4.69, 9.17) is 10.5 Å². The van der Waals surface area contributed by atoms with Crippen LogP contribution in [-0.4, -0.2) is 16.7 Å². The van der Waals surface area contributed by atoms with Crippen LogP contribution in [0.4, 0.5) is 5.95 Å². The Hall–Kier alpha value is -2.33. The van der Waals surface area contributed by atoms with Gasteiger partial charge in [0.1, 0.15) is 0 Å². The summed E-state index contributed by atoms with van der Waals surface area (Å²) in [5.41, 5.74) is 11.3. The number of aryl methyl sites for hydroxylation is 1. The molecule has 4 heteroatoms. The fourth-order valence-electron chi connectivity index (χ4n) is 2.46. The minimum atomic E-state index is 0.495. The molecule has 0 bridgehead atoms. The summed E-state index contributed by atoms with van der Waals surface area (Å²) in [4.78, 5) is 4.43. The first-order valence-corrected chi connectivity index (χ1v) is 6.52. The van der Waals surface area contributed by atoms with Crippen LogP contribution in [0, 0.1) is 6.92 Å². The van der Waals surface area contributed by atoms with Crippen molar-refractivity contribution >= 4 is 17.0 Å². The predicted octanol–water partition coefficient (Wildman–Crippen LogP) is 3.06. The molecule has 0 aliphatic heterocycles. The molecule has 1 aromatic heterocycles. The summed E-state index contributed by atoms with van der Waals surface area (Å²) in [7, 11) is 1.69. The molecule has 0 amide bonds. The second kappa shape index (κ2) is 4.98. The van der Waals surface area contributed by atoms with E-state index in [0.29, 0.717) is 12.6 Å². The average molecular weight is 267 g/mol. The van der Waals surface area contributed by atoms with Gasteiger partial charge in [-0.05, 0) is 30.7 Å². The monoisotopic (exact) mass is 267 g/mol. The first-order chi connectivity index (χ1) is 9.70. The van der Waals surface area contributed by atoms with E-state index in [0.717, 1.165) is 22.3 Å². The van der Waals surface area contributed by atoms with E-state index in [1.165, 1.54) is 5.56 Å². The van der Waals surface area contributed by atoms with Gasteiger partial charge in [0.15, 0.2) is 0 Å². The lowest BCUT2D eigenvalue weighted by atomic mass is 10.1. The quantitative estimate of drug-likeness (QED) is 0.793. The highest BCUT2D eigenvalue weighted by Crippen LogP contribution is 2.26.